The lowest BCUT2D eigenvalue weighted by atomic mass is 10.0. The third-order valence-electron chi connectivity index (χ3n) is 11.4. The van der Waals surface area contributed by atoms with E-state index in [2.05, 4.69) is 13.8 Å². The van der Waals surface area contributed by atoms with E-state index in [9.17, 15) is 19.0 Å². The van der Waals surface area contributed by atoms with Crippen LogP contribution >= 0.6 is 7.82 Å². The molecule has 0 aromatic heterocycles. The van der Waals surface area contributed by atoms with Gasteiger partial charge in [-0.25, -0.2) is 4.57 Å². The van der Waals surface area contributed by atoms with Gasteiger partial charge in [0.1, 0.15) is 19.8 Å². The number of phosphoric acid groups is 1. The lowest BCUT2D eigenvalue weighted by Gasteiger charge is -2.24. The molecule has 2 unspecified atom stereocenters. The molecule has 352 valence electrons. The molecule has 0 aliphatic carbocycles. The number of unbranched alkanes of at least 4 members (excludes halogenated alkanes) is 33. The van der Waals surface area contributed by atoms with E-state index in [0.717, 1.165) is 38.5 Å². The van der Waals surface area contributed by atoms with Crippen LogP contribution in [-0.4, -0.2) is 74.9 Å². The lowest BCUT2D eigenvalue weighted by Crippen LogP contribution is -2.37. The second-order valence-electron chi connectivity index (χ2n) is 18.6. The van der Waals surface area contributed by atoms with Gasteiger partial charge in [0.15, 0.2) is 6.10 Å². The molecule has 0 saturated carbocycles. The molecule has 2 atom stereocenters. The van der Waals surface area contributed by atoms with E-state index in [4.69, 9.17) is 18.5 Å². The van der Waals surface area contributed by atoms with Crippen molar-refractivity contribution in [1.82, 2.24) is 0 Å². The molecule has 0 fully saturated rings. The average molecular weight is 861 g/mol. The highest BCUT2D eigenvalue weighted by atomic mass is 31.2. The Morgan fingerprint density at radius 1 is 0.458 bits per heavy atom. The molecule has 10 heteroatoms. The maximum atomic E-state index is 12.7. The SMILES string of the molecule is CCCCCCCCCCCCCCCCCCCCCC(=O)OCC(COP(=O)(O)OCC[N+](C)(C)C)OC(=O)CCCCCCCCCCCCCCCCCC. The van der Waals surface area contributed by atoms with Crippen LogP contribution < -0.4 is 0 Å². The Balaban J connectivity index is 4.21. The summed E-state index contributed by atoms with van der Waals surface area (Å²) in [4.78, 5) is 35.5. The highest BCUT2D eigenvalue weighted by Crippen LogP contribution is 2.43. The molecule has 0 aliphatic heterocycles. The fourth-order valence-electron chi connectivity index (χ4n) is 7.43. The molecule has 0 radical (unpaired) electrons. The summed E-state index contributed by atoms with van der Waals surface area (Å²) in [5.41, 5.74) is 0. The smallest absolute Gasteiger partial charge is 0.462 e. The Morgan fingerprint density at radius 3 is 1.08 bits per heavy atom. The van der Waals surface area contributed by atoms with E-state index in [1.165, 1.54) is 186 Å². The van der Waals surface area contributed by atoms with Gasteiger partial charge < -0.3 is 18.9 Å². The van der Waals surface area contributed by atoms with Crippen molar-refractivity contribution in [1.29, 1.82) is 0 Å². The monoisotopic (exact) mass is 861 g/mol. The topological polar surface area (TPSA) is 108 Å². The summed E-state index contributed by atoms with van der Waals surface area (Å²) < 4.78 is 34.4. The zero-order valence-electron chi connectivity index (χ0n) is 39.8. The van der Waals surface area contributed by atoms with Crippen LogP contribution in [-0.2, 0) is 32.7 Å². The third kappa shape index (κ3) is 46.3. The Hall–Kier alpha value is -0.990. The highest BCUT2D eigenvalue weighted by molar-refractivity contribution is 7.47. The van der Waals surface area contributed by atoms with E-state index >= 15 is 0 Å². The number of carbonyl (C=O) groups is 2. The first kappa shape index (κ1) is 58.0. The van der Waals surface area contributed by atoms with Gasteiger partial charge in [0.05, 0.1) is 27.7 Å². The van der Waals surface area contributed by atoms with E-state index in [0.29, 0.717) is 17.4 Å². The summed E-state index contributed by atoms with van der Waals surface area (Å²) in [5.74, 6) is -0.778. The Morgan fingerprint density at radius 2 is 0.763 bits per heavy atom. The first-order chi connectivity index (χ1) is 28.5. The fourth-order valence-corrected chi connectivity index (χ4v) is 8.17. The quantitative estimate of drug-likeness (QED) is 0.0279. The summed E-state index contributed by atoms with van der Waals surface area (Å²) in [6, 6.07) is 0. The standard InChI is InChI=1S/C49H98NO8P/c1-6-8-10-12-14-16-18-20-22-24-25-26-28-29-31-33-35-37-39-41-48(51)55-45-47(46-57-59(53,54)56-44-43-50(3,4)5)58-49(52)42-40-38-36-34-32-30-27-23-21-19-17-15-13-11-9-7-2/h47H,6-46H2,1-5H3/p+1. The van der Waals surface area contributed by atoms with Crippen molar-refractivity contribution in [2.75, 3.05) is 47.5 Å². The number of hydrogen-bond acceptors (Lipinski definition) is 7. The number of quaternary nitrogens is 1. The first-order valence-corrected chi connectivity index (χ1v) is 26.8. The van der Waals surface area contributed by atoms with Gasteiger partial charge in [0.25, 0.3) is 0 Å². The Kier molecular flexibility index (Phi) is 41.6. The van der Waals surface area contributed by atoms with Crippen molar-refractivity contribution in [2.24, 2.45) is 0 Å². The number of phosphoric ester groups is 1. The summed E-state index contributed by atoms with van der Waals surface area (Å²) in [6.45, 7) is 4.48. The number of esters is 2. The summed E-state index contributed by atoms with van der Waals surface area (Å²) in [5, 5.41) is 0. The number of carbonyl (C=O) groups excluding carboxylic acids is 2. The van der Waals surface area contributed by atoms with Crippen LogP contribution in [0.2, 0.25) is 0 Å². The molecule has 1 N–H and O–H groups in total. The zero-order valence-corrected chi connectivity index (χ0v) is 40.7. The number of nitrogens with zero attached hydrogens (tertiary/aromatic N) is 1. The molecule has 9 nitrogen and oxygen atoms in total. The number of hydrogen-bond donors (Lipinski definition) is 1. The van der Waals surface area contributed by atoms with Crippen LogP contribution in [0.1, 0.15) is 251 Å². The molecule has 0 bridgehead atoms. The van der Waals surface area contributed by atoms with Crippen LogP contribution in [0.3, 0.4) is 0 Å². The van der Waals surface area contributed by atoms with Crippen molar-refractivity contribution in [3.8, 4) is 0 Å². The van der Waals surface area contributed by atoms with Gasteiger partial charge in [-0.3, -0.25) is 18.6 Å². The summed E-state index contributed by atoms with van der Waals surface area (Å²) in [7, 11) is 1.50. The Labute approximate surface area is 365 Å². The zero-order chi connectivity index (χ0) is 43.6. The molecule has 0 rings (SSSR count). The molecule has 59 heavy (non-hydrogen) atoms. The Bertz CT molecular complexity index is 974. The van der Waals surface area contributed by atoms with E-state index in [1.807, 2.05) is 21.1 Å². The van der Waals surface area contributed by atoms with Crippen molar-refractivity contribution in [3.63, 3.8) is 0 Å². The van der Waals surface area contributed by atoms with Gasteiger partial charge in [0, 0.05) is 12.8 Å². The summed E-state index contributed by atoms with van der Waals surface area (Å²) in [6.07, 6.45) is 44.3. The van der Waals surface area contributed by atoms with Crippen LogP contribution in [0, 0.1) is 0 Å². The number of rotatable bonds is 47. The van der Waals surface area contributed by atoms with Gasteiger partial charge >= 0.3 is 19.8 Å². The first-order valence-electron chi connectivity index (χ1n) is 25.3. The second-order valence-corrected chi connectivity index (χ2v) is 20.0. The summed E-state index contributed by atoms with van der Waals surface area (Å²) >= 11 is 0. The molecule has 0 amide bonds. The fraction of sp³-hybridized carbons (Fsp3) is 0.959. The molecule has 0 spiro atoms. The van der Waals surface area contributed by atoms with Gasteiger partial charge in [0.2, 0.25) is 0 Å². The van der Waals surface area contributed by atoms with Gasteiger partial charge in [-0.1, -0.05) is 226 Å². The predicted octanol–water partition coefficient (Wildman–Crippen LogP) is 14.8. The van der Waals surface area contributed by atoms with Crippen molar-refractivity contribution in [3.05, 3.63) is 0 Å². The molecule has 0 aromatic rings. The van der Waals surface area contributed by atoms with Crippen LogP contribution in [0.25, 0.3) is 0 Å². The van der Waals surface area contributed by atoms with E-state index in [-0.39, 0.29) is 25.6 Å². The highest BCUT2D eigenvalue weighted by Gasteiger charge is 2.27. The van der Waals surface area contributed by atoms with Crippen LogP contribution in [0.15, 0.2) is 0 Å². The minimum absolute atomic E-state index is 0.0371. The molecular weight excluding hydrogens is 762 g/mol. The maximum absolute atomic E-state index is 12.7. The largest absolute Gasteiger partial charge is 0.472 e. The van der Waals surface area contributed by atoms with Gasteiger partial charge in [-0.2, -0.15) is 0 Å². The molecule has 0 heterocycles. The normalized spacial score (nSPS) is 13.4. The van der Waals surface area contributed by atoms with Gasteiger partial charge in [-0.15, -0.1) is 0 Å². The number of likely N-dealkylation sites (N-methyl/N-ethyl adjacent to an activating group) is 1. The average Bonchev–Trinajstić information content (AvgIpc) is 3.19. The lowest BCUT2D eigenvalue weighted by molar-refractivity contribution is -0.870. The molecule has 0 aromatic carbocycles. The molecule has 0 aliphatic rings. The van der Waals surface area contributed by atoms with Crippen LogP contribution in [0.5, 0.6) is 0 Å². The van der Waals surface area contributed by atoms with E-state index < -0.39 is 26.5 Å². The predicted molar refractivity (Wildman–Crippen MR) is 248 cm³/mol. The van der Waals surface area contributed by atoms with Crippen molar-refractivity contribution >= 4 is 19.8 Å². The van der Waals surface area contributed by atoms with Crippen molar-refractivity contribution in [2.45, 2.75) is 258 Å². The second kappa shape index (κ2) is 42.3. The number of ether oxygens (including phenoxy) is 2. The minimum atomic E-state index is -4.37. The molecular formula is C49H99NO8P+. The minimum Gasteiger partial charge on any atom is -0.462 e. The maximum Gasteiger partial charge on any atom is 0.472 e. The van der Waals surface area contributed by atoms with Gasteiger partial charge in [-0.05, 0) is 12.8 Å². The van der Waals surface area contributed by atoms with Crippen molar-refractivity contribution < 1.29 is 42.1 Å². The third-order valence-corrected chi connectivity index (χ3v) is 12.4. The molecule has 0 saturated heterocycles. The van der Waals surface area contributed by atoms with E-state index in [1.54, 1.807) is 0 Å². The van der Waals surface area contributed by atoms with Crippen LogP contribution in [0.4, 0.5) is 0 Å².